The van der Waals surface area contributed by atoms with E-state index in [2.05, 4.69) is 35.5 Å². The molecule has 0 aromatic carbocycles. The average molecular weight is 1100 g/mol. The van der Waals surface area contributed by atoms with Gasteiger partial charge in [0.2, 0.25) is 5.91 Å². The molecule has 0 aliphatic carbocycles. The molecule has 7 atom stereocenters. The summed E-state index contributed by atoms with van der Waals surface area (Å²) in [7, 11) is -5.08. The summed E-state index contributed by atoms with van der Waals surface area (Å²) in [5, 5.41) is 45.2. The fourth-order valence-corrected chi connectivity index (χ4v) is 11.3. The van der Waals surface area contributed by atoms with Crippen LogP contribution in [0.4, 0.5) is 0 Å². The number of nitrogens with one attached hydrogen (secondary N) is 1. The summed E-state index contributed by atoms with van der Waals surface area (Å²) in [6.45, 7) is 3.50. The van der Waals surface area contributed by atoms with E-state index < -0.39 is 59.9 Å². The number of unbranched alkanes of at least 4 members (excludes halogenated alkanes) is 44. The van der Waals surface area contributed by atoms with Crippen molar-refractivity contribution in [2.45, 2.75) is 371 Å². The molecule has 1 fully saturated rings. The third kappa shape index (κ3) is 44.6. The highest BCUT2D eigenvalue weighted by atomic mass is 32.3. The number of ether oxygens (including phenoxy) is 2. The fourth-order valence-electron chi connectivity index (χ4n) is 10.8. The summed E-state index contributed by atoms with van der Waals surface area (Å²) in [5.74, 6) is -0.223. The number of aliphatic hydroxyl groups excluding tert-OH is 4. The van der Waals surface area contributed by atoms with Crippen molar-refractivity contribution < 1.29 is 51.8 Å². The topological polar surface area (TPSA) is 192 Å². The maximum absolute atomic E-state index is 13.2. The van der Waals surface area contributed by atoms with E-state index in [1.54, 1.807) is 0 Å². The lowest BCUT2D eigenvalue weighted by Crippen LogP contribution is -2.61. The molecule has 1 aliphatic heterocycles. The highest BCUT2D eigenvalue weighted by Gasteiger charge is 2.48. The van der Waals surface area contributed by atoms with Gasteiger partial charge in [0.25, 0.3) is 0 Å². The zero-order valence-electron chi connectivity index (χ0n) is 49.4. The Morgan fingerprint density at radius 3 is 1.18 bits per heavy atom. The van der Waals surface area contributed by atoms with Gasteiger partial charge in [-0.2, -0.15) is 8.42 Å². The summed E-state index contributed by atoms with van der Waals surface area (Å²) in [6.07, 6.45) is 56.7. The molecule has 0 radical (unpaired) electrons. The molecule has 0 bridgehead atoms. The van der Waals surface area contributed by atoms with Crippen LogP contribution in [-0.2, 0) is 28.9 Å². The van der Waals surface area contributed by atoms with Gasteiger partial charge in [0.15, 0.2) is 6.29 Å². The van der Waals surface area contributed by atoms with Gasteiger partial charge in [-0.05, 0) is 38.5 Å². The number of allylic oxidation sites excluding steroid dienone is 2. The minimum Gasteiger partial charge on any atom is -0.394 e. The lowest BCUT2D eigenvalue weighted by atomic mass is 9.99. The number of hydrogen-bond donors (Lipinski definition) is 6. The van der Waals surface area contributed by atoms with Crippen LogP contribution >= 0.6 is 0 Å². The zero-order chi connectivity index (χ0) is 55.4. The third-order valence-corrected chi connectivity index (χ3v) is 16.3. The molecule has 452 valence electrons. The van der Waals surface area contributed by atoms with Crippen LogP contribution < -0.4 is 5.32 Å². The van der Waals surface area contributed by atoms with E-state index in [0.717, 1.165) is 51.4 Å². The number of carbonyl (C=O) groups excluding carboxylic acids is 1. The molecule has 6 N–H and O–H groups in total. The molecule has 1 amide bonds. The molecule has 0 aromatic heterocycles. The van der Waals surface area contributed by atoms with Crippen molar-refractivity contribution in [2.24, 2.45) is 0 Å². The van der Waals surface area contributed by atoms with Crippen LogP contribution in [0.15, 0.2) is 12.2 Å². The largest absolute Gasteiger partial charge is 0.397 e. The van der Waals surface area contributed by atoms with Crippen molar-refractivity contribution in [1.29, 1.82) is 0 Å². The molecule has 0 aromatic rings. The van der Waals surface area contributed by atoms with Gasteiger partial charge in [-0.1, -0.05) is 296 Å². The van der Waals surface area contributed by atoms with Gasteiger partial charge in [0.05, 0.1) is 25.4 Å². The monoisotopic (exact) mass is 1100 g/mol. The van der Waals surface area contributed by atoms with Crippen molar-refractivity contribution in [3.8, 4) is 0 Å². The van der Waals surface area contributed by atoms with Crippen LogP contribution in [0.25, 0.3) is 0 Å². The normalized spacial score (nSPS) is 19.0. The molecule has 1 saturated heterocycles. The van der Waals surface area contributed by atoms with Gasteiger partial charge in [0.1, 0.15) is 24.4 Å². The SMILES string of the molecule is CCCCCCCCCCCCCC/C=C\CCCCCCCCCCCCCCCCCCCC(=O)NC(COC1OC(CO)C(O)C(OS(=O)(=O)O)C1O)C(O)CCCCCCCCCCCCCCCCCC. The van der Waals surface area contributed by atoms with E-state index in [1.807, 2.05) is 0 Å². The highest BCUT2D eigenvalue weighted by Crippen LogP contribution is 2.26. The van der Waals surface area contributed by atoms with Crippen LogP contribution in [0.2, 0.25) is 0 Å². The van der Waals surface area contributed by atoms with Gasteiger partial charge in [-0.15, -0.1) is 0 Å². The highest BCUT2D eigenvalue weighted by molar-refractivity contribution is 7.80. The first-order valence-electron chi connectivity index (χ1n) is 32.6. The molecule has 1 aliphatic rings. The zero-order valence-corrected chi connectivity index (χ0v) is 50.2. The molecule has 0 spiro atoms. The minimum atomic E-state index is -5.08. The van der Waals surface area contributed by atoms with Crippen molar-refractivity contribution in [2.75, 3.05) is 13.2 Å². The Bertz CT molecular complexity index is 1390. The first kappa shape index (κ1) is 72.9. The predicted octanol–water partition coefficient (Wildman–Crippen LogP) is 16.2. The maximum atomic E-state index is 13.2. The Balaban J connectivity index is 2.20. The van der Waals surface area contributed by atoms with Crippen molar-refractivity contribution in [3.63, 3.8) is 0 Å². The Kier molecular flexibility index (Phi) is 51.0. The summed E-state index contributed by atoms with van der Waals surface area (Å²) in [6, 6.07) is -0.855. The van der Waals surface area contributed by atoms with Gasteiger partial charge in [-0.3, -0.25) is 9.35 Å². The lowest BCUT2D eigenvalue weighted by molar-refractivity contribution is -0.298. The second-order valence-electron chi connectivity index (χ2n) is 23.1. The lowest BCUT2D eigenvalue weighted by Gasteiger charge is -2.41. The van der Waals surface area contributed by atoms with Crippen LogP contribution in [0.3, 0.4) is 0 Å². The quantitative estimate of drug-likeness (QED) is 0.0193. The molecular weight excluding hydrogens is 979 g/mol. The van der Waals surface area contributed by atoms with E-state index >= 15 is 0 Å². The number of rotatable bonds is 58. The van der Waals surface area contributed by atoms with Crippen LogP contribution in [0, 0.1) is 0 Å². The predicted molar refractivity (Wildman–Crippen MR) is 315 cm³/mol. The molecule has 13 heteroatoms. The molecule has 76 heavy (non-hydrogen) atoms. The van der Waals surface area contributed by atoms with E-state index in [9.17, 15) is 38.2 Å². The fraction of sp³-hybridized carbons (Fsp3) is 0.952. The van der Waals surface area contributed by atoms with Crippen molar-refractivity contribution in [3.05, 3.63) is 12.2 Å². The summed E-state index contributed by atoms with van der Waals surface area (Å²) in [5.41, 5.74) is 0. The second-order valence-corrected chi connectivity index (χ2v) is 24.1. The van der Waals surface area contributed by atoms with E-state index in [0.29, 0.717) is 12.8 Å². The molecule has 1 rings (SSSR count). The third-order valence-electron chi connectivity index (χ3n) is 15.8. The number of carbonyl (C=O) groups is 1. The molecule has 0 saturated carbocycles. The van der Waals surface area contributed by atoms with Crippen LogP contribution in [0.1, 0.15) is 328 Å². The standard InChI is InChI=1S/C63H123NO11S/c1-3-5-7-9-11-13-15-17-19-21-22-23-24-25-26-27-28-29-30-31-32-33-34-35-36-37-39-41-43-45-47-49-51-53-59(67)64-56(55-73-63-61(69)62(75-76(70,71)72)60(68)58(54-65)74-63)57(66)52-50-48-46-44-42-40-38-20-18-16-14-12-10-8-6-4-2/h25-26,56-58,60-63,65-66,68-69H,3-24,27-55H2,1-2H3,(H,64,67)(H,70,71,72)/b26-25-. The van der Waals surface area contributed by atoms with Crippen molar-refractivity contribution >= 4 is 16.3 Å². The first-order valence-corrected chi connectivity index (χ1v) is 33.9. The van der Waals surface area contributed by atoms with E-state index in [4.69, 9.17) is 9.47 Å². The number of hydrogen-bond acceptors (Lipinski definition) is 10. The first-order chi connectivity index (χ1) is 37.0. The Morgan fingerprint density at radius 1 is 0.513 bits per heavy atom. The second kappa shape index (κ2) is 53.2. The molecule has 7 unspecified atom stereocenters. The molecule has 1 heterocycles. The smallest absolute Gasteiger partial charge is 0.394 e. The van der Waals surface area contributed by atoms with E-state index in [1.165, 1.54) is 250 Å². The summed E-state index contributed by atoms with van der Waals surface area (Å²) < 4.78 is 48.0. The number of amides is 1. The molecule has 12 nitrogen and oxygen atoms in total. The summed E-state index contributed by atoms with van der Waals surface area (Å²) in [4.78, 5) is 13.2. The summed E-state index contributed by atoms with van der Waals surface area (Å²) >= 11 is 0. The maximum Gasteiger partial charge on any atom is 0.397 e. The van der Waals surface area contributed by atoms with Crippen LogP contribution in [0.5, 0.6) is 0 Å². The minimum absolute atomic E-state index is 0.223. The van der Waals surface area contributed by atoms with Gasteiger partial charge in [-0.25, -0.2) is 4.18 Å². The Hall–Kier alpha value is -1.16. The van der Waals surface area contributed by atoms with Gasteiger partial charge < -0.3 is 35.2 Å². The van der Waals surface area contributed by atoms with E-state index in [-0.39, 0.29) is 12.5 Å². The number of aliphatic hydroxyl groups is 4. The molecular formula is C63H123NO11S. The Morgan fingerprint density at radius 2 is 0.842 bits per heavy atom. The van der Waals surface area contributed by atoms with Crippen LogP contribution in [-0.4, -0.2) is 95.4 Å². The average Bonchev–Trinajstić information content (AvgIpc) is 3.40. The van der Waals surface area contributed by atoms with Crippen molar-refractivity contribution in [1.82, 2.24) is 5.32 Å². The van der Waals surface area contributed by atoms with Gasteiger partial charge in [0, 0.05) is 6.42 Å². The van der Waals surface area contributed by atoms with Gasteiger partial charge >= 0.3 is 10.4 Å². The Labute approximate surface area is 468 Å².